The molecule has 1 saturated heterocycles. The molecule has 3 aliphatic rings. The summed E-state index contributed by atoms with van der Waals surface area (Å²) in [7, 11) is 0. The minimum absolute atomic E-state index is 0.187. The SMILES string of the molecule is CC1c2nnc(C3CC4(C3)CN(c3ccc(F)cn3)C4)n2-c2ccc(Cl)cc2CN1C(=O)C(C)(C)F. The first-order valence-corrected chi connectivity index (χ1v) is 12.5. The molecule has 1 amide bonds. The number of hydrogen-bond acceptors (Lipinski definition) is 5. The second-order valence-electron chi connectivity index (χ2n) is 10.9. The van der Waals surface area contributed by atoms with E-state index >= 15 is 0 Å². The Kier molecular flexibility index (Phi) is 5.16. The lowest BCUT2D eigenvalue weighted by Crippen LogP contribution is -2.62. The topological polar surface area (TPSA) is 67.2 Å². The van der Waals surface area contributed by atoms with Crippen molar-refractivity contribution in [3.8, 4) is 5.69 Å². The molecule has 4 heterocycles. The standard InChI is InChI=1S/C26H27ClF2N6O/c1-15-22-31-32-23(17-9-26(10-17)13-33(14-26)21-7-5-19(28)11-30-21)35(22)20-6-4-18(27)8-16(20)12-34(15)24(36)25(2,3)29/h4-8,11,15,17H,9-10,12-14H2,1-3H3. The first kappa shape index (κ1) is 23.3. The van der Waals surface area contributed by atoms with E-state index in [1.165, 1.54) is 31.0 Å². The lowest BCUT2D eigenvalue weighted by molar-refractivity contribution is -0.145. The molecular formula is C26H27ClF2N6O. The number of carbonyl (C=O) groups excluding carboxylic acids is 1. The smallest absolute Gasteiger partial charge is 0.260 e. The largest absolute Gasteiger partial charge is 0.355 e. The summed E-state index contributed by atoms with van der Waals surface area (Å²) < 4.78 is 30.0. The molecule has 0 radical (unpaired) electrons. The van der Waals surface area contributed by atoms with Crippen molar-refractivity contribution in [2.75, 3.05) is 18.0 Å². The van der Waals surface area contributed by atoms with Crippen molar-refractivity contribution < 1.29 is 13.6 Å². The van der Waals surface area contributed by atoms with E-state index in [0.29, 0.717) is 10.8 Å². The first-order chi connectivity index (χ1) is 17.0. The number of halogens is 3. The van der Waals surface area contributed by atoms with Crippen LogP contribution in [0.15, 0.2) is 36.5 Å². The van der Waals surface area contributed by atoms with Crippen LogP contribution in [0.1, 0.15) is 62.8 Å². The van der Waals surface area contributed by atoms with Crippen LogP contribution >= 0.6 is 11.6 Å². The third kappa shape index (κ3) is 3.67. The van der Waals surface area contributed by atoms with Crippen LogP contribution in [0.4, 0.5) is 14.6 Å². The molecule has 36 heavy (non-hydrogen) atoms. The molecule has 2 aromatic heterocycles. The normalized spacial score (nSPS) is 20.9. The van der Waals surface area contributed by atoms with Crippen molar-refractivity contribution in [2.45, 2.75) is 57.8 Å². The maximum atomic E-state index is 14.7. The van der Waals surface area contributed by atoms with Crippen molar-refractivity contribution in [3.63, 3.8) is 0 Å². The van der Waals surface area contributed by atoms with E-state index in [-0.39, 0.29) is 23.7 Å². The zero-order valence-electron chi connectivity index (χ0n) is 20.4. The van der Waals surface area contributed by atoms with Gasteiger partial charge in [0.2, 0.25) is 0 Å². The number of carbonyl (C=O) groups is 1. The molecule has 1 atom stereocenters. The van der Waals surface area contributed by atoms with Crippen LogP contribution in [-0.2, 0) is 11.3 Å². The highest BCUT2D eigenvalue weighted by molar-refractivity contribution is 6.30. The highest BCUT2D eigenvalue weighted by Crippen LogP contribution is 2.56. The predicted octanol–water partition coefficient (Wildman–Crippen LogP) is 4.99. The Morgan fingerprint density at radius 3 is 2.53 bits per heavy atom. The number of pyridine rings is 1. The molecule has 0 bridgehead atoms. The van der Waals surface area contributed by atoms with E-state index in [1.54, 1.807) is 6.07 Å². The number of benzene rings is 1. The number of hydrogen-bond donors (Lipinski definition) is 0. The van der Waals surface area contributed by atoms with Gasteiger partial charge in [0.05, 0.1) is 17.9 Å². The lowest BCUT2D eigenvalue weighted by atomic mass is 9.57. The van der Waals surface area contributed by atoms with E-state index < -0.39 is 17.6 Å². The summed E-state index contributed by atoms with van der Waals surface area (Å²) in [6, 6.07) is 8.26. The molecular weight excluding hydrogens is 486 g/mol. The van der Waals surface area contributed by atoms with Gasteiger partial charge in [0, 0.05) is 36.0 Å². The molecule has 188 valence electrons. The van der Waals surface area contributed by atoms with Crippen molar-refractivity contribution in [1.29, 1.82) is 0 Å². The molecule has 3 aromatic rings. The minimum atomic E-state index is -2.01. The number of rotatable bonds is 3. The van der Waals surface area contributed by atoms with Gasteiger partial charge in [-0.1, -0.05) is 11.6 Å². The van der Waals surface area contributed by atoms with Crippen LogP contribution in [0.25, 0.3) is 5.69 Å². The van der Waals surface area contributed by atoms with Crippen LogP contribution in [-0.4, -0.2) is 49.3 Å². The molecule has 1 unspecified atom stereocenters. The Balaban J connectivity index is 1.29. The van der Waals surface area contributed by atoms with Gasteiger partial charge < -0.3 is 9.80 Å². The third-order valence-electron chi connectivity index (χ3n) is 7.76. The lowest BCUT2D eigenvalue weighted by Gasteiger charge is -2.59. The fraction of sp³-hybridized carbons (Fsp3) is 0.462. The van der Waals surface area contributed by atoms with Crippen LogP contribution in [0, 0.1) is 11.2 Å². The van der Waals surface area contributed by atoms with Gasteiger partial charge in [-0.05, 0) is 69.5 Å². The summed E-state index contributed by atoms with van der Waals surface area (Å²) in [6.45, 7) is 6.40. The maximum absolute atomic E-state index is 14.7. The molecule has 10 heteroatoms. The summed E-state index contributed by atoms with van der Waals surface area (Å²) in [5, 5.41) is 9.64. The van der Waals surface area contributed by atoms with E-state index in [2.05, 4.69) is 20.1 Å². The number of nitrogens with zero attached hydrogens (tertiary/aromatic N) is 6. The van der Waals surface area contributed by atoms with E-state index in [4.69, 9.17) is 11.6 Å². The number of fused-ring (bicyclic) bond motifs is 3. The molecule has 2 fully saturated rings. The monoisotopic (exact) mass is 512 g/mol. The Bertz CT molecular complexity index is 1340. The van der Waals surface area contributed by atoms with Crippen molar-refractivity contribution in [1.82, 2.24) is 24.6 Å². The zero-order valence-corrected chi connectivity index (χ0v) is 21.1. The Labute approximate surface area is 213 Å². The first-order valence-electron chi connectivity index (χ1n) is 12.2. The average Bonchev–Trinajstić information content (AvgIpc) is 3.15. The molecule has 1 spiro atoms. The van der Waals surface area contributed by atoms with Crippen molar-refractivity contribution in [2.24, 2.45) is 5.41 Å². The molecule has 6 rings (SSSR count). The van der Waals surface area contributed by atoms with Crippen molar-refractivity contribution in [3.05, 3.63) is 64.6 Å². The summed E-state index contributed by atoms with van der Waals surface area (Å²) >= 11 is 6.31. The van der Waals surface area contributed by atoms with Gasteiger partial charge in [-0.2, -0.15) is 0 Å². The Morgan fingerprint density at radius 1 is 1.14 bits per heavy atom. The van der Waals surface area contributed by atoms with E-state index in [9.17, 15) is 13.6 Å². The fourth-order valence-corrected chi connectivity index (χ4v) is 6.14. The molecule has 7 nitrogen and oxygen atoms in total. The third-order valence-corrected chi connectivity index (χ3v) is 7.99. The van der Waals surface area contributed by atoms with Gasteiger partial charge in [0.15, 0.2) is 11.5 Å². The van der Waals surface area contributed by atoms with Crippen LogP contribution < -0.4 is 4.90 Å². The second-order valence-corrected chi connectivity index (χ2v) is 11.3. The quantitative estimate of drug-likeness (QED) is 0.494. The summed E-state index contributed by atoms with van der Waals surface area (Å²) in [6.07, 6.45) is 3.17. The zero-order chi connectivity index (χ0) is 25.4. The molecule has 1 saturated carbocycles. The maximum Gasteiger partial charge on any atom is 0.260 e. The average molecular weight is 513 g/mol. The van der Waals surface area contributed by atoms with Gasteiger partial charge >= 0.3 is 0 Å². The van der Waals surface area contributed by atoms with Gasteiger partial charge in [0.1, 0.15) is 17.5 Å². The van der Waals surface area contributed by atoms with Gasteiger partial charge in [-0.3, -0.25) is 9.36 Å². The molecule has 1 aliphatic carbocycles. The van der Waals surface area contributed by atoms with E-state index in [0.717, 1.165) is 48.8 Å². The summed E-state index contributed by atoms with van der Waals surface area (Å²) in [5.74, 6) is 1.56. The summed E-state index contributed by atoms with van der Waals surface area (Å²) in [5.41, 5.74) is -0.120. The number of anilines is 1. The highest BCUT2D eigenvalue weighted by atomic mass is 35.5. The fourth-order valence-electron chi connectivity index (χ4n) is 5.95. The van der Waals surface area contributed by atoms with E-state index in [1.807, 2.05) is 29.7 Å². The van der Waals surface area contributed by atoms with Gasteiger partial charge in [-0.25, -0.2) is 13.8 Å². The summed E-state index contributed by atoms with van der Waals surface area (Å²) in [4.78, 5) is 20.9. The second kappa shape index (κ2) is 7.96. The molecule has 0 N–H and O–H groups in total. The van der Waals surface area contributed by atoms with Crippen molar-refractivity contribution >= 4 is 23.3 Å². The van der Waals surface area contributed by atoms with Gasteiger partial charge in [-0.15, -0.1) is 10.2 Å². The van der Waals surface area contributed by atoms with Crippen LogP contribution in [0.5, 0.6) is 0 Å². The number of alkyl halides is 1. The van der Waals surface area contributed by atoms with Gasteiger partial charge in [0.25, 0.3) is 5.91 Å². The molecule has 1 aromatic carbocycles. The number of aromatic nitrogens is 4. The minimum Gasteiger partial charge on any atom is -0.355 e. The Morgan fingerprint density at radius 2 is 1.86 bits per heavy atom. The predicted molar refractivity (Wildman–Crippen MR) is 131 cm³/mol. The van der Waals surface area contributed by atoms with Crippen LogP contribution in [0.3, 0.4) is 0 Å². The number of amides is 1. The Hall–Kier alpha value is -3.07. The highest BCUT2D eigenvalue weighted by Gasteiger charge is 2.54. The van der Waals surface area contributed by atoms with Crippen LogP contribution in [0.2, 0.25) is 5.02 Å². The molecule has 2 aliphatic heterocycles.